The summed E-state index contributed by atoms with van der Waals surface area (Å²) in [4.78, 5) is 0. The van der Waals surface area contributed by atoms with Gasteiger partial charge >= 0.3 is 40.8 Å². The maximum absolute atomic E-state index is 9.53. The third-order valence-electron chi connectivity index (χ3n) is 1.49. The molecule has 0 aliphatic heterocycles. The molecule has 0 fully saturated rings. The van der Waals surface area contributed by atoms with Gasteiger partial charge in [0.25, 0.3) is 0 Å². The Hall–Kier alpha value is 1.23. The monoisotopic (exact) mass is 361 g/mol. The van der Waals surface area contributed by atoms with Gasteiger partial charge in [0.1, 0.15) is 0 Å². The van der Waals surface area contributed by atoms with Crippen LogP contribution < -0.4 is 15.3 Å². The van der Waals surface area contributed by atoms with Crippen LogP contribution in [-0.2, 0) is 0 Å². The van der Waals surface area contributed by atoms with Crippen LogP contribution in [-0.4, -0.2) is 19.8 Å². The third-order valence-corrected chi connectivity index (χ3v) is 1.49. The van der Waals surface area contributed by atoms with Crippen molar-refractivity contribution in [1.29, 1.82) is 0 Å². The van der Waals surface area contributed by atoms with Crippen molar-refractivity contribution in [3.8, 4) is 0 Å². The average Bonchev–Trinajstić information content (AvgIpc) is 2.23. The van der Waals surface area contributed by atoms with E-state index >= 15 is 0 Å². The molecule has 0 aromatic heterocycles. The van der Waals surface area contributed by atoms with E-state index in [4.69, 9.17) is 0 Å². The maximum Gasteiger partial charge on any atom is 3.00 e. The van der Waals surface area contributed by atoms with Gasteiger partial charge in [-0.25, -0.2) is 0 Å². The van der Waals surface area contributed by atoms with E-state index in [0.717, 1.165) is 38.5 Å². The largest absolute Gasteiger partial charge is 3.00 e. The molecule has 1 radical (unpaired) electrons. The summed E-state index contributed by atoms with van der Waals surface area (Å²) >= 11 is 0. The fourth-order valence-electron chi connectivity index (χ4n) is 0.433. The van der Waals surface area contributed by atoms with E-state index in [0.29, 0.717) is 0 Å². The SMILES string of the molecule is CCCC[O-].CCCC[O-].CCCC[O-].[Nd+3]. The molecule has 0 bridgehead atoms. The van der Waals surface area contributed by atoms with Crippen molar-refractivity contribution in [2.75, 3.05) is 19.8 Å². The van der Waals surface area contributed by atoms with Crippen molar-refractivity contribution in [3.05, 3.63) is 0 Å². The molecular weight excluding hydrogens is 336 g/mol. The molecule has 0 atom stereocenters. The summed E-state index contributed by atoms with van der Waals surface area (Å²) in [6.07, 6.45) is 5.59. The van der Waals surface area contributed by atoms with E-state index in [9.17, 15) is 15.3 Å². The van der Waals surface area contributed by atoms with E-state index in [2.05, 4.69) is 0 Å². The van der Waals surface area contributed by atoms with E-state index in [1.54, 1.807) is 0 Å². The quantitative estimate of drug-likeness (QED) is 0.688. The summed E-state index contributed by atoms with van der Waals surface area (Å²) in [6, 6.07) is 0. The van der Waals surface area contributed by atoms with Crippen LogP contribution in [0.2, 0.25) is 0 Å². The van der Waals surface area contributed by atoms with E-state index in [-0.39, 0.29) is 60.7 Å². The normalized spacial score (nSPS) is 7.88. The molecule has 0 N–H and O–H groups in total. The fourth-order valence-corrected chi connectivity index (χ4v) is 0.433. The molecule has 16 heavy (non-hydrogen) atoms. The predicted octanol–water partition coefficient (Wildman–Crippen LogP) is 0.440. The van der Waals surface area contributed by atoms with Gasteiger partial charge in [0.2, 0.25) is 0 Å². The van der Waals surface area contributed by atoms with Gasteiger partial charge < -0.3 is 15.3 Å². The Labute approximate surface area is 134 Å². The van der Waals surface area contributed by atoms with Crippen molar-refractivity contribution >= 4 is 0 Å². The van der Waals surface area contributed by atoms with Gasteiger partial charge in [-0.3, -0.25) is 0 Å². The molecule has 0 amide bonds. The second-order valence-electron chi connectivity index (χ2n) is 3.17. The Morgan fingerprint density at radius 3 is 0.750 bits per heavy atom. The van der Waals surface area contributed by atoms with Crippen molar-refractivity contribution < 1.29 is 56.2 Å². The Bertz CT molecular complexity index is 53.0. The standard InChI is InChI=1S/3C4H9O.Nd/c3*1-2-3-4-5;/h3*2-4H2,1H3;/q3*-1;+3. The smallest absolute Gasteiger partial charge is 0.854 e. The van der Waals surface area contributed by atoms with Gasteiger partial charge in [0.15, 0.2) is 0 Å². The number of hydrogen-bond acceptors (Lipinski definition) is 3. The zero-order valence-corrected chi connectivity index (χ0v) is 14.3. The van der Waals surface area contributed by atoms with Gasteiger partial charge in [0.05, 0.1) is 0 Å². The van der Waals surface area contributed by atoms with Crippen LogP contribution in [0.15, 0.2) is 0 Å². The number of unbranched alkanes of at least 4 members (excludes halogenated alkanes) is 3. The van der Waals surface area contributed by atoms with Crippen LogP contribution in [0.25, 0.3) is 0 Å². The average molecular weight is 364 g/mol. The van der Waals surface area contributed by atoms with Crippen LogP contribution in [0.4, 0.5) is 0 Å². The Morgan fingerprint density at radius 2 is 0.750 bits per heavy atom. The fraction of sp³-hybridized carbons (Fsp3) is 1.00. The van der Waals surface area contributed by atoms with Gasteiger partial charge in [0, 0.05) is 0 Å². The van der Waals surface area contributed by atoms with E-state index in [1.807, 2.05) is 20.8 Å². The van der Waals surface area contributed by atoms with Crippen molar-refractivity contribution in [2.24, 2.45) is 0 Å². The summed E-state index contributed by atoms with van der Waals surface area (Å²) in [5, 5.41) is 28.6. The van der Waals surface area contributed by atoms with Crippen LogP contribution in [0.5, 0.6) is 0 Å². The summed E-state index contributed by atoms with van der Waals surface area (Å²) in [6.45, 7) is 6.32. The van der Waals surface area contributed by atoms with Crippen LogP contribution in [0.1, 0.15) is 59.3 Å². The molecule has 0 unspecified atom stereocenters. The Balaban J connectivity index is -0.0000000655. The minimum absolute atomic E-state index is 0. The van der Waals surface area contributed by atoms with Gasteiger partial charge in [-0.05, 0) is 0 Å². The van der Waals surface area contributed by atoms with Crippen LogP contribution >= 0.6 is 0 Å². The summed E-state index contributed by atoms with van der Waals surface area (Å²) < 4.78 is 0. The maximum atomic E-state index is 9.53. The van der Waals surface area contributed by atoms with E-state index in [1.165, 1.54) is 0 Å². The predicted molar refractivity (Wildman–Crippen MR) is 59.3 cm³/mol. The Morgan fingerprint density at radius 1 is 0.562 bits per heavy atom. The molecule has 0 aromatic rings. The van der Waals surface area contributed by atoms with E-state index < -0.39 is 0 Å². The first-order chi connectivity index (χ1) is 7.24. The van der Waals surface area contributed by atoms with Crippen molar-refractivity contribution in [3.63, 3.8) is 0 Å². The van der Waals surface area contributed by atoms with Crippen molar-refractivity contribution in [1.82, 2.24) is 0 Å². The Kier molecular flexibility index (Phi) is 58.3. The minimum Gasteiger partial charge on any atom is -0.854 e. The second-order valence-corrected chi connectivity index (χ2v) is 3.17. The molecule has 0 aliphatic carbocycles. The molecule has 0 aliphatic rings. The van der Waals surface area contributed by atoms with Crippen LogP contribution in [0, 0.1) is 40.8 Å². The molecule has 0 aromatic carbocycles. The van der Waals surface area contributed by atoms with Gasteiger partial charge in [-0.15, -0.1) is 19.8 Å². The van der Waals surface area contributed by atoms with Crippen LogP contribution in [0.3, 0.4) is 0 Å². The molecule has 0 saturated carbocycles. The van der Waals surface area contributed by atoms with Gasteiger partial charge in [-0.1, -0.05) is 59.3 Å². The summed E-state index contributed by atoms with van der Waals surface area (Å²) in [7, 11) is 0. The molecule has 4 heteroatoms. The van der Waals surface area contributed by atoms with Crippen molar-refractivity contribution in [2.45, 2.75) is 59.3 Å². The zero-order valence-electron chi connectivity index (χ0n) is 11.1. The first-order valence-electron chi connectivity index (χ1n) is 5.99. The number of hydrogen-bond donors (Lipinski definition) is 0. The molecule has 97 valence electrons. The molecular formula is C12H27NdO3. The summed E-state index contributed by atoms with van der Waals surface area (Å²) in [5.74, 6) is 0. The third kappa shape index (κ3) is 59.0. The first kappa shape index (κ1) is 25.9. The first-order valence-corrected chi connectivity index (χ1v) is 5.99. The zero-order chi connectivity index (χ0) is 12.4. The molecule has 0 rings (SSSR count). The number of rotatable bonds is 6. The molecule has 0 heterocycles. The minimum atomic E-state index is 0. The molecule has 3 nitrogen and oxygen atoms in total. The van der Waals surface area contributed by atoms with Gasteiger partial charge in [-0.2, -0.15) is 0 Å². The summed E-state index contributed by atoms with van der Waals surface area (Å²) in [5.41, 5.74) is 0. The topological polar surface area (TPSA) is 69.2 Å². The second kappa shape index (κ2) is 36.0. The molecule has 0 spiro atoms. The molecule has 0 saturated heterocycles.